The van der Waals surface area contributed by atoms with Gasteiger partial charge in [-0.2, -0.15) is 0 Å². The van der Waals surface area contributed by atoms with Gasteiger partial charge in [0, 0.05) is 25.8 Å². The maximum absolute atomic E-state index is 12.7. The zero-order valence-corrected chi connectivity index (χ0v) is 11.1. The predicted octanol–water partition coefficient (Wildman–Crippen LogP) is 2.62. The fourth-order valence-corrected chi connectivity index (χ4v) is 1.49. The van der Waals surface area contributed by atoms with Gasteiger partial charge in [-0.3, -0.25) is 4.79 Å². The molecule has 0 fully saturated rings. The molecule has 1 aromatic carbocycles. The van der Waals surface area contributed by atoms with Gasteiger partial charge in [-0.05, 0) is 36.1 Å². The van der Waals surface area contributed by atoms with Gasteiger partial charge in [0.2, 0.25) is 0 Å². The highest BCUT2D eigenvalue weighted by atomic mass is 19.1. The van der Waals surface area contributed by atoms with E-state index in [4.69, 9.17) is 4.74 Å². The minimum Gasteiger partial charge on any atom is -0.385 e. The molecule has 0 spiro atoms. The van der Waals surface area contributed by atoms with Crippen LogP contribution < -0.4 is 5.32 Å². The van der Waals surface area contributed by atoms with E-state index in [-0.39, 0.29) is 17.1 Å². The van der Waals surface area contributed by atoms with Gasteiger partial charge in [-0.25, -0.2) is 4.39 Å². The van der Waals surface area contributed by atoms with E-state index in [0.717, 1.165) is 6.42 Å². The van der Waals surface area contributed by atoms with Crippen LogP contribution in [0, 0.1) is 11.2 Å². The molecule has 1 rings (SSSR count). The summed E-state index contributed by atoms with van der Waals surface area (Å²) >= 11 is 0. The highest BCUT2D eigenvalue weighted by Gasteiger charge is 2.18. The Kier molecular flexibility index (Phi) is 5.28. The first-order valence-corrected chi connectivity index (χ1v) is 5.97. The molecule has 0 aliphatic carbocycles. The normalized spacial score (nSPS) is 11.3. The lowest BCUT2D eigenvalue weighted by Gasteiger charge is -2.24. The van der Waals surface area contributed by atoms with Gasteiger partial charge in [0.15, 0.2) is 0 Å². The zero-order chi connectivity index (χ0) is 13.6. The van der Waals surface area contributed by atoms with Crippen molar-refractivity contribution in [1.82, 2.24) is 5.32 Å². The van der Waals surface area contributed by atoms with E-state index in [0.29, 0.717) is 18.7 Å². The summed E-state index contributed by atoms with van der Waals surface area (Å²) in [6.07, 6.45) is 0.868. The number of rotatable bonds is 6. The Morgan fingerprint density at radius 2 is 1.94 bits per heavy atom. The number of amides is 1. The van der Waals surface area contributed by atoms with Crippen molar-refractivity contribution in [2.24, 2.45) is 5.41 Å². The highest BCUT2D eigenvalue weighted by molar-refractivity contribution is 5.94. The lowest BCUT2D eigenvalue weighted by atomic mass is 9.89. The number of hydrogen-bond acceptors (Lipinski definition) is 2. The molecule has 100 valence electrons. The first-order chi connectivity index (χ1) is 8.44. The first-order valence-electron chi connectivity index (χ1n) is 5.97. The third-order valence-corrected chi connectivity index (χ3v) is 2.82. The molecule has 0 aromatic heterocycles. The summed E-state index contributed by atoms with van der Waals surface area (Å²) in [5, 5.41) is 2.85. The number of carbonyl (C=O) groups excluding carboxylic acids is 1. The van der Waals surface area contributed by atoms with Crippen LogP contribution in [0.15, 0.2) is 24.3 Å². The summed E-state index contributed by atoms with van der Waals surface area (Å²) in [5.41, 5.74) is 0.449. The van der Waals surface area contributed by atoms with Gasteiger partial charge in [-0.1, -0.05) is 13.8 Å². The largest absolute Gasteiger partial charge is 0.385 e. The number of methoxy groups -OCH3 is 1. The van der Waals surface area contributed by atoms with Crippen molar-refractivity contribution in [3.05, 3.63) is 35.6 Å². The minimum atomic E-state index is -0.341. The van der Waals surface area contributed by atoms with E-state index in [1.165, 1.54) is 24.3 Å². The molecule has 0 heterocycles. The van der Waals surface area contributed by atoms with Crippen molar-refractivity contribution in [3.63, 3.8) is 0 Å². The van der Waals surface area contributed by atoms with Crippen LogP contribution in [0.3, 0.4) is 0 Å². The van der Waals surface area contributed by atoms with Crippen LogP contribution in [-0.4, -0.2) is 26.2 Å². The molecule has 0 atom stereocenters. The monoisotopic (exact) mass is 253 g/mol. The third kappa shape index (κ3) is 4.84. The summed E-state index contributed by atoms with van der Waals surface area (Å²) in [4.78, 5) is 11.8. The SMILES string of the molecule is COCCC(C)(C)CNC(=O)c1ccc(F)cc1. The molecule has 0 saturated heterocycles. The van der Waals surface area contributed by atoms with Crippen LogP contribution in [-0.2, 0) is 4.74 Å². The van der Waals surface area contributed by atoms with Crippen LogP contribution in [0.4, 0.5) is 4.39 Å². The predicted molar refractivity (Wildman–Crippen MR) is 69.0 cm³/mol. The lowest BCUT2D eigenvalue weighted by molar-refractivity contribution is 0.0921. The average molecular weight is 253 g/mol. The second-order valence-corrected chi connectivity index (χ2v) is 5.10. The lowest BCUT2D eigenvalue weighted by Crippen LogP contribution is -2.34. The molecular formula is C14H20FNO2. The number of halogens is 1. The Bertz CT molecular complexity index is 387. The summed E-state index contributed by atoms with van der Waals surface area (Å²) < 4.78 is 17.7. The molecule has 0 aliphatic heterocycles. The molecule has 3 nitrogen and oxygen atoms in total. The van der Waals surface area contributed by atoms with Crippen LogP contribution in [0.5, 0.6) is 0 Å². The minimum absolute atomic E-state index is 0.0221. The maximum Gasteiger partial charge on any atom is 0.251 e. The van der Waals surface area contributed by atoms with Crippen LogP contribution in [0.2, 0.25) is 0 Å². The topological polar surface area (TPSA) is 38.3 Å². The number of ether oxygens (including phenoxy) is 1. The quantitative estimate of drug-likeness (QED) is 0.846. The molecule has 1 N–H and O–H groups in total. The van der Waals surface area contributed by atoms with E-state index in [2.05, 4.69) is 19.2 Å². The van der Waals surface area contributed by atoms with E-state index in [1.54, 1.807) is 7.11 Å². The fourth-order valence-electron chi connectivity index (χ4n) is 1.49. The maximum atomic E-state index is 12.7. The van der Waals surface area contributed by atoms with Crippen molar-refractivity contribution in [2.45, 2.75) is 20.3 Å². The molecule has 1 aromatic rings. The highest BCUT2D eigenvalue weighted by Crippen LogP contribution is 2.18. The van der Waals surface area contributed by atoms with Gasteiger partial charge in [-0.15, -0.1) is 0 Å². The van der Waals surface area contributed by atoms with Crippen molar-refractivity contribution in [3.8, 4) is 0 Å². The molecule has 18 heavy (non-hydrogen) atoms. The van der Waals surface area contributed by atoms with Crippen molar-refractivity contribution >= 4 is 5.91 Å². The Labute approximate surface area is 107 Å². The summed E-state index contributed by atoms with van der Waals surface area (Å²) in [7, 11) is 1.66. The van der Waals surface area contributed by atoms with Crippen LogP contribution in [0.1, 0.15) is 30.6 Å². The van der Waals surface area contributed by atoms with Crippen molar-refractivity contribution in [2.75, 3.05) is 20.3 Å². The Balaban J connectivity index is 2.48. The number of carbonyl (C=O) groups is 1. The summed E-state index contributed by atoms with van der Waals surface area (Å²) in [6.45, 7) is 5.36. The van der Waals surface area contributed by atoms with E-state index in [1.807, 2.05) is 0 Å². The molecule has 0 saturated carbocycles. The fraction of sp³-hybridized carbons (Fsp3) is 0.500. The standard InChI is InChI=1S/C14H20FNO2/c1-14(2,8-9-18-3)10-16-13(17)11-4-6-12(15)7-5-11/h4-7H,8-10H2,1-3H3,(H,16,17). The van der Waals surface area contributed by atoms with E-state index >= 15 is 0 Å². The van der Waals surface area contributed by atoms with Crippen molar-refractivity contribution < 1.29 is 13.9 Å². The molecule has 0 unspecified atom stereocenters. The molecule has 1 amide bonds. The number of benzene rings is 1. The second-order valence-electron chi connectivity index (χ2n) is 5.10. The molecule has 0 bridgehead atoms. The van der Waals surface area contributed by atoms with Gasteiger partial charge >= 0.3 is 0 Å². The summed E-state index contributed by atoms with van der Waals surface area (Å²) in [5.74, 6) is -0.521. The van der Waals surface area contributed by atoms with Gasteiger partial charge in [0.05, 0.1) is 0 Å². The second kappa shape index (κ2) is 6.50. The average Bonchev–Trinajstić information content (AvgIpc) is 2.35. The van der Waals surface area contributed by atoms with Crippen LogP contribution in [0.25, 0.3) is 0 Å². The number of hydrogen-bond donors (Lipinski definition) is 1. The molecule has 0 aliphatic rings. The Morgan fingerprint density at radius 1 is 1.33 bits per heavy atom. The van der Waals surface area contributed by atoms with Crippen LogP contribution >= 0.6 is 0 Å². The van der Waals surface area contributed by atoms with Gasteiger partial charge < -0.3 is 10.1 Å². The third-order valence-electron chi connectivity index (χ3n) is 2.82. The molecular weight excluding hydrogens is 233 g/mol. The van der Waals surface area contributed by atoms with E-state index < -0.39 is 0 Å². The van der Waals surface area contributed by atoms with Gasteiger partial charge in [0.25, 0.3) is 5.91 Å². The van der Waals surface area contributed by atoms with E-state index in [9.17, 15) is 9.18 Å². The molecule has 0 radical (unpaired) electrons. The summed E-state index contributed by atoms with van der Waals surface area (Å²) in [6, 6.07) is 5.52. The Morgan fingerprint density at radius 3 is 2.50 bits per heavy atom. The van der Waals surface area contributed by atoms with Gasteiger partial charge in [0.1, 0.15) is 5.82 Å². The van der Waals surface area contributed by atoms with Crippen molar-refractivity contribution in [1.29, 1.82) is 0 Å². The first kappa shape index (κ1) is 14.6. The number of nitrogens with one attached hydrogen (secondary N) is 1. The smallest absolute Gasteiger partial charge is 0.251 e. The molecule has 4 heteroatoms. The zero-order valence-electron chi connectivity index (χ0n) is 11.1. The Hall–Kier alpha value is -1.42.